The van der Waals surface area contributed by atoms with E-state index in [1.165, 1.54) is 27.8 Å². The zero-order valence-electron chi connectivity index (χ0n) is 16.9. The van der Waals surface area contributed by atoms with E-state index < -0.39 is 27.9 Å². The van der Waals surface area contributed by atoms with Crippen LogP contribution in [-0.2, 0) is 27.7 Å². The lowest BCUT2D eigenvalue weighted by Crippen LogP contribution is -2.49. The molecule has 3 heterocycles. The van der Waals surface area contributed by atoms with Gasteiger partial charge in [0, 0.05) is 11.4 Å². The molecule has 0 radical (unpaired) electrons. The fourth-order valence-electron chi connectivity index (χ4n) is 4.29. The molecule has 31 heavy (non-hydrogen) atoms. The lowest BCUT2D eigenvalue weighted by Gasteiger charge is -2.33. The van der Waals surface area contributed by atoms with E-state index in [2.05, 4.69) is 5.32 Å². The van der Waals surface area contributed by atoms with E-state index in [9.17, 15) is 18.0 Å². The highest BCUT2D eigenvalue weighted by Gasteiger charge is 2.39. The van der Waals surface area contributed by atoms with Crippen molar-refractivity contribution in [3.63, 3.8) is 0 Å². The molecule has 11 heteroatoms. The summed E-state index contributed by atoms with van der Waals surface area (Å²) in [6.45, 7) is 0.263. The smallest absolute Gasteiger partial charge is 0.253 e. The van der Waals surface area contributed by atoms with E-state index in [4.69, 9.17) is 17.3 Å². The van der Waals surface area contributed by atoms with Gasteiger partial charge in [-0.25, -0.2) is 8.42 Å². The van der Waals surface area contributed by atoms with E-state index in [1.54, 1.807) is 0 Å². The fourth-order valence-corrected chi connectivity index (χ4v) is 8.86. The van der Waals surface area contributed by atoms with Gasteiger partial charge in [0.05, 0.1) is 9.90 Å². The minimum atomic E-state index is -3.84. The van der Waals surface area contributed by atoms with Crippen LogP contribution in [0.4, 0.5) is 5.00 Å². The van der Waals surface area contributed by atoms with Crippen LogP contribution in [0.5, 0.6) is 0 Å². The largest absolute Gasteiger partial charge is 0.365 e. The van der Waals surface area contributed by atoms with E-state index in [0.29, 0.717) is 27.7 Å². The first kappa shape index (κ1) is 22.7. The van der Waals surface area contributed by atoms with E-state index in [1.807, 2.05) is 0 Å². The Balaban J connectivity index is 1.62. The summed E-state index contributed by atoms with van der Waals surface area (Å²) in [5.74, 6) is -0.985. The quantitative estimate of drug-likeness (QED) is 0.603. The maximum atomic E-state index is 13.2. The normalized spacial score (nSPS) is 20.1. The minimum Gasteiger partial charge on any atom is -0.365 e. The number of thiophene rings is 2. The number of aryl methyl sites for hydroxylation is 1. The number of amides is 2. The van der Waals surface area contributed by atoms with Gasteiger partial charge in [-0.2, -0.15) is 4.31 Å². The second-order valence-electron chi connectivity index (χ2n) is 7.81. The molecule has 7 nitrogen and oxygen atoms in total. The number of nitrogens with zero attached hydrogens (tertiary/aromatic N) is 1. The van der Waals surface area contributed by atoms with Gasteiger partial charge >= 0.3 is 0 Å². The second-order valence-corrected chi connectivity index (χ2v) is 12.7. The standard InChI is InChI=1S/C20H24ClN3O4S3/c21-15-9-10-16(30-15)31(27,28)24-11-5-4-7-13(24)19(26)23-20-17(18(22)25)12-6-2-1-3-8-14(12)29-20/h9-10,13H,1-8,11H2,(H2,22,25)(H,23,26). The molecule has 1 fully saturated rings. The number of hydrogen-bond donors (Lipinski definition) is 2. The van der Waals surface area contributed by atoms with Crippen LogP contribution in [0.2, 0.25) is 4.34 Å². The maximum absolute atomic E-state index is 13.2. The Bertz CT molecular complexity index is 1110. The Hall–Kier alpha value is -1.46. The summed E-state index contributed by atoms with van der Waals surface area (Å²) in [5.41, 5.74) is 6.98. The molecular weight excluding hydrogens is 478 g/mol. The molecule has 0 saturated carbocycles. The van der Waals surface area contributed by atoms with Crippen molar-refractivity contribution in [2.75, 3.05) is 11.9 Å². The van der Waals surface area contributed by atoms with Crippen molar-refractivity contribution >= 4 is 61.1 Å². The number of piperidine rings is 1. The van der Waals surface area contributed by atoms with Crippen molar-refractivity contribution in [3.05, 3.63) is 32.5 Å². The van der Waals surface area contributed by atoms with Crippen LogP contribution in [0.3, 0.4) is 0 Å². The first-order chi connectivity index (χ1) is 14.8. The van der Waals surface area contributed by atoms with Crippen LogP contribution in [-0.4, -0.2) is 37.1 Å². The molecule has 168 valence electrons. The highest BCUT2D eigenvalue weighted by atomic mass is 35.5. The molecule has 1 saturated heterocycles. The maximum Gasteiger partial charge on any atom is 0.253 e. The van der Waals surface area contributed by atoms with E-state index in [0.717, 1.165) is 60.3 Å². The molecule has 1 aliphatic carbocycles. The molecule has 1 atom stereocenters. The van der Waals surface area contributed by atoms with Crippen LogP contribution in [0.15, 0.2) is 16.3 Å². The van der Waals surface area contributed by atoms with Crippen molar-refractivity contribution in [3.8, 4) is 0 Å². The number of rotatable bonds is 5. The average molecular weight is 502 g/mol. The molecule has 0 aromatic carbocycles. The molecule has 2 aliphatic rings. The number of carbonyl (C=O) groups excluding carboxylic acids is 2. The van der Waals surface area contributed by atoms with Crippen LogP contribution < -0.4 is 11.1 Å². The highest BCUT2D eigenvalue weighted by Crippen LogP contribution is 2.38. The van der Waals surface area contributed by atoms with Gasteiger partial charge in [0.2, 0.25) is 5.91 Å². The summed E-state index contributed by atoms with van der Waals surface area (Å²) in [6, 6.07) is 2.16. The number of anilines is 1. The Morgan fingerprint density at radius 2 is 1.87 bits per heavy atom. The zero-order valence-corrected chi connectivity index (χ0v) is 20.1. The van der Waals surface area contributed by atoms with Crippen molar-refractivity contribution < 1.29 is 18.0 Å². The van der Waals surface area contributed by atoms with Crippen molar-refractivity contribution in [2.24, 2.45) is 5.73 Å². The van der Waals surface area contributed by atoms with Crippen molar-refractivity contribution in [1.29, 1.82) is 0 Å². The third kappa shape index (κ3) is 4.54. The Morgan fingerprint density at radius 1 is 1.10 bits per heavy atom. The lowest BCUT2D eigenvalue weighted by molar-refractivity contribution is -0.120. The van der Waals surface area contributed by atoms with Gasteiger partial charge in [-0.1, -0.05) is 24.4 Å². The number of primary amides is 1. The molecule has 3 N–H and O–H groups in total. The summed E-state index contributed by atoms with van der Waals surface area (Å²) in [6.07, 6.45) is 6.60. The molecule has 2 aromatic rings. The monoisotopic (exact) mass is 501 g/mol. The topological polar surface area (TPSA) is 110 Å². The van der Waals surface area contributed by atoms with Crippen LogP contribution >= 0.6 is 34.3 Å². The number of carbonyl (C=O) groups is 2. The van der Waals surface area contributed by atoms with Crippen LogP contribution in [0.1, 0.15) is 59.3 Å². The van der Waals surface area contributed by atoms with Crippen LogP contribution in [0.25, 0.3) is 0 Å². The molecule has 4 rings (SSSR count). The van der Waals surface area contributed by atoms with E-state index >= 15 is 0 Å². The molecule has 1 unspecified atom stereocenters. The molecule has 1 aliphatic heterocycles. The highest BCUT2D eigenvalue weighted by molar-refractivity contribution is 7.91. The third-order valence-corrected chi connectivity index (χ3v) is 10.6. The number of fused-ring (bicyclic) bond motifs is 1. The first-order valence-corrected chi connectivity index (χ1v) is 13.8. The summed E-state index contributed by atoms with van der Waals surface area (Å²) in [7, 11) is -3.84. The Labute approximate surface area is 194 Å². The van der Waals surface area contributed by atoms with Gasteiger partial charge in [0.25, 0.3) is 15.9 Å². The molecule has 0 spiro atoms. The number of sulfonamides is 1. The van der Waals surface area contributed by atoms with Gasteiger partial charge in [0.15, 0.2) is 0 Å². The summed E-state index contributed by atoms with van der Waals surface area (Å²) in [4.78, 5) is 26.5. The molecule has 0 bridgehead atoms. The summed E-state index contributed by atoms with van der Waals surface area (Å²) >= 11 is 8.30. The van der Waals surface area contributed by atoms with Gasteiger partial charge in [0.1, 0.15) is 15.3 Å². The minimum absolute atomic E-state index is 0.123. The van der Waals surface area contributed by atoms with Gasteiger partial charge in [-0.05, 0) is 56.2 Å². The van der Waals surface area contributed by atoms with Crippen LogP contribution in [0, 0.1) is 0 Å². The van der Waals surface area contributed by atoms with Gasteiger partial charge in [-0.3, -0.25) is 9.59 Å². The summed E-state index contributed by atoms with van der Waals surface area (Å²) < 4.78 is 28.1. The van der Waals surface area contributed by atoms with E-state index in [-0.39, 0.29) is 10.8 Å². The van der Waals surface area contributed by atoms with Gasteiger partial charge < -0.3 is 11.1 Å². The zero-order chi connectivity index (χ0) is 22.2. The number of hydrogen-bond acceptors (Lipinski definition) is 6. The van der Waals surface area contributed by atoms with Crippen molar-refractivity contribution in [1.82, 2.24) is 4.31 Å². The number of halogens is 1. The summed E-state index contributed by atoms with van der Waals surface area (Å²) in [5, 5.41) is 3.28. The lowest BCUT2D eigenvalue weighted by atomic mass is 10.0. The van der Waals surface area contributed by atoms with Crippen molar-refractivity contribution in [2.45, 2.75) is 61.6 Å². The number of nitrogens with two attached hydrogens (primary N) is 1. The second kappa shape index (κ2) is 9.19. The predicted molar refractivity (Wildman–Crippen MR) is 124 cm³/mol. The number of nitrogens with one attached hydrogen (secondary N) is 1. The third-order valence-electron chi connectivity index (χ3n) is 5.77. The predicted octanol–water partition coefficient (Wildman–Crippen LogP) is 4.01. The molecular formula is C20H24ClN3O4S3. The van der Waals surface area contributed by atoms with Gasteiger partial charge in [-0.15, -0.1) is 22.7 Å². The first-order valence-electron chi connectivity index (χ1n) is 10.3. The Morgan fingerprint density at radius 3 is 2.58 bits per heavy atom. The average Bonchev–Trinajstić information content (AvgIpc) is 3.25. The molecule has 2 aromatic heterocycles. The SMILES string of the molecule is NC(=O)c1c(NC(=O)C2CCCCN2S(=O)(=O)c2ccc(Cl)s2)sc2c1CCCCC2. The fraction of sp³-hybridized carbons (Fsp3) is 0.500. The molecule has 2 amide bonds. The Kier molecular flexibility index (Phi) is 6.73.